The lowest BCUT2D eigenvalue weighted by Gasteiger charge is -2.16. The van der Waals surface area contributed by atoms with Crippen LogP contribution in [-0.2, 0) is 25.7 Å². The van der Waals surface area contributed by atoms with Crippen molar-refractivity contribution >= 4 is 20.2 Å². The fourth-order valence-electron chi connectivity index (χ4n) is 2.27. The average Bonchev–Trinajstić information content (AvgIpc) is 2.78. The number of hydrogen-bond acceptors (Lipinski definition) is 5. The number of nitrogens with zero attached hydrogens (tertiary/aromatic N) is 1. The van der Waals surface area contributed by atoms with Gasteiger partial charge in [0, 0.05) is 17.2 Å². The molecule has 9 nitrogen and oxygen atoms in total. The van der Waals surface area contributed by atoms with Crippen LogP contribution in [0, 0.1) is 6.92 Å². The van der Waals surface area contributed by atoms with Gasteiger partial charge in [0.1, 0.15) is 4.90 Å². The third-order valence-corrected chi connectivity index (χ3v) is 5.46. The number of H-pyrrole nitrogens is 1. The summed E-state index contributed by atoms with van der Waals surface area (Å²) in [6.45, 7) is 6.68. The SMILES string of the molecule is Cc1cc(S(=O)(=O)O)c(-n2[nH]c(C(C)(C)C)cc2=O)cc1S(=O)(=O)O. The molecular weight excluding hydrogens is 372 g/mol. The van der Waals surface area contributed by atoms with E-state index in [0.29, 0.717) is 5.69 Å². The van der Waals surface area contributed by atoms with Crippen LogP contribution in [0.5, 0.6) is 0 Å². The van der Waals surface area contributed by atoms with Crippen molar-refractivity contribution in [1.29, 1.82) is 0 Å². The molecule has 0 saturated heterocycles. The molecule has 0 unspecified atom stereocenters. The standard InChI is InChI=1S/C14H18N2O7S2/c1-8-5-11(25(21,22)23)9(6-10(8)24(18,19)20)16-13(17)7-12(15-16)14(2,3)4/h5-7,15H,1-4H3,(H,18,19,20)(H,21,22,23). The Balaban J connectivity index is 2.94. The zero-order valence-corrected chi connectivity index (χ0v) is 15.6. The third kappa shape index (κ3) is 3.84. The number of aromatic amines is 1. The first-order valence-corrected chi connectivity index (χ1v) is 9.93. The van der Waals surface area contributed by atoms with Crippen molar-refractivity contribution in [3.63, 3.8) is 0 Å². The molecule has 0 atom stereocenters. The second kappa shape index (κ2) is 5.80. The maximum atomic E-state index is 12.3. The van der Waals surface area contributed by atoms with Gasteiger partial charge in [-0.25, -0.2) is 4.68 Å². The smallest absolute Gasteiger partial charge is 0.294 e. The molecule has 0 aliphatic heterocycles. The summed E-state index contributed by atoms with van der Waals surface area (Å²) in [5, 5.41) is 2.70. The maximum absolute atomic E-state index is 12.3. The molecule has 1 aromatic carbocycles. The molecule has 0 saturated carbocycles. The molecule has 0 aliphatic carbocycles. The summed E-state index contributed by atoms with van der Waals surface area (Å²) in [5.74, 6) is 0. The average molecular weight is 390 g/mol. The van der Waals surface area contributed by atoms with E-state index in [0.717, 1.165) is 16.8 Å². The van der Waals surface area contributed by atoms with Crippen molar-refractivity contribution in [3.8, 4) is 5.69 Å². The highest BCUT2D eigenvalue weighted by atomic mass is 32.2. The fourth-order valence-corrected chi connectivity index (χ4v) is 3.74. The first kappa shape index (κ1) is 19.4. The van der Waals surface area contributed by atoms with Gasteiger partial charge >= 0.3 is 0 Å². The van der Waals surface area contributed by atoms with Crippen LogP contribution >= 0.6 is 0 Å². The lowest BCUT2D eigenvalue weighted by molar-refractivity contribution is 0.476. The second-order valence-electron chi connectivity index (χ2n) is 6.63. The number of nitrogens with one attached hydrogen (secondary N) is 1. The number of hydrogen-bond donors (Lipinski definition) is 3. The first-order chi connectivity index (χ1) is 11.1. The van der Waals surface area contributed by atoms with E-state index in [9.17, 15) is 30.7 Å². The Morgan fingerprint density at radius 3 is 1.88 bits per heavy atom. The monoisotopic (exact) mass is 390 g/mol. The van der Waals surface area contributed by atoms with Gasteiger partial charge in [0.2, 0.25) is 0 Å². The van der Waals surface area contributed by atoms with E-state index in [-0.39, 0.29) is 5.56 Å². The molecule has 0 bridgehead atoms. The minimum atomic E-state index is -4.77. The Bertz CT molecular complexity index is 1100. The Labute approximate surface area is 144 Å². The van der Waals surface area contributed by atoms with Crippen molar-refractivity contribution in [2.75, 3.05) is 0 Å². The topological polar surface area (TPSA) is 147 Å². The predicted octanol–water partition coefficient (Wildman–Crippen LogP) is 1.26. The van der Waals surface area contributed by atoms with Crippen LogP contribution in [0.1, 0.15) is 32.0 Å². The normalized spacial score (nSPS) is 13.2. The minimum absolute atomic E-state index is 0.102. The molecule has 1 aromatic heterocycles. The van der Waals surface area contributed by atoms with Crippen molar-refractivity contribution < 1.29 is 25.9 Å². The number of aryl methyl sites for hydroxylation is 1. The third-order valence-electron chi connectivity index (χ3n) is 3.58. The maximum Gasteiger partial charge on any atom is 0.296 e. The van der Waals surface area contributed by atoms with Gasteiger partial charge in [0.05, 0.1) is 10.6 Å². The molecule has 0 radical (unpaired) electrons. The summed E-state index contributed by atoms with van der Waals surface area (Å²) >= 11 is 0. The van der Waals surface area contributed by atoms with Crippen LogP contribution in [0.25, 0.3) is 5.69 Å². The van der Waals surface area contributed by atoms with Gasteiger partial charge in [-0.15, -0.1) is 0 Å². The summed E-state index contributed by atoms with van der Waals surface area (Å²) in [5.41, 5.74) is -1.18. The van der Waals surface area contributed by atoms with Gasteiger partial charge in [-0.05, 0) is 24.6 Å². The molecule has 1 heterocycles. The van der Waals surface area contributed by atoms with Gasteiger partial charge < -0.3 is 0 Å². The highest BCUT2D eigenvalue weighted by Gasteiger charge is 2.26. The molecule has 138 valence electrons. The number of rotatable bonds is 3. The highest BCUT2D eigenvalue weighted by molar-refractivity contribution is 7.86. The molecule has 3 N–H and O–H groups in total. The first-order valence-electron chi connectivity index (χ1n) is 7.05. The van der Waals surface area contributed by atoms with Crippen LogP contribution in [0.3, 0.4) is 0 Å². The van der Waals surface area contributed by atoms with Gasteiger partial charge in [-0.2, -0.15) is 16.8 Å². The second-order valence-corrected chi connectivity index (χ2v) is 9.41. The lowest BCUT2D eigenvalue weighted by atomic mass is 9.93. The number of benzene rings is 1. The summed E-state index contributed by atoms with van der Waals surface area (Å²) in [6.07, 6.45) is 0. The van der Waals surface area contributed by atoms with Crippen LogP contribution < -0.4 is 5.56 Å². The number of aromatic nitrogens is 2. The quantitative estimate of drug-likeness (QED) is 0.669. The van der Waals surface area contributed by atoms with Gasteiger partial charge in [0.15, 0.2) is 0 Å². The van der Waals surface area contributed by atoms with Crippen LogP contribution in [0.15, 0.2) is 32.8 Å². The summed E-state index contributed by atoms with van der Waals surface area (Å²) in [7, 11) is -9.43. The van der Waals surface area contributed by atoms with Gasteiger partial charge in [-0.1, -0.05) is 20.8 Å². The molecule has 0 amide bonds. The van der Waals surface area contributed by atoms with Gasteiger partial charge in [0.25, 0.3) is 25.8 Å². The van der Waals surface area contributed by atoms with Crippen molar-refractivity contribution in [3.05, 3.63) is 39.8 Å². The predicted molar refractivity (Wildman–Crippen MR) is 89.5 cm³/mol. The van der Waals surface area contributed by atoms with Crippen LogP contribution in [0.4, 0.5) is 0 Å². The summed E-state index contributed by atoms with van der Waals surface area (Å²) < 4.78 is 65.9. The van der Waals surface area contributed by atoms with E-state index in [1.165, 1.54) is 13.0 Å². The fraction of sp³-hybridized carbons (Fsp3) is 0.357. The Morgan fingerprint density at radius 2 is 1.48 bits per heavy atom. The highest BCUT2D eigenvalue weighted by Crippen LogP contribution is 2.27. The largest absolute Gasteiger partial charge is 0.296 e. The minimum Gasteiger partial charge on any atom is -0.294 e. The van der Waals surface area contributed by atoms with E-state index in [4.69, 9.17) is 0 Å². The van der Waals surface area contributed by atoms with Crippen LogP contribution in [0.2, 0.25) is 0 Å². The Hall–Kier alpha value is -1.95. The Morgan fingerprint density at radius 1 is 0.960 bits per heavy atom. The van der Waals surface area contributed by atoms with E-state index >= 15 is 0 Å². The molecule has 2 rings (SSSR count). The van der Waals surface area contributed by atoms with E-state index < -0.39 is 46.7 Å². The van der Waals surface area contributed by atoms with Gasteiger partial charge in [-0.3, -0.25) is 19.0 Å². The summed E-state index contributed by atoms with van der Waals surface area (Å²) in [6, 6.07) is 2.93. The lowest BCUT2D eigenvalue weighted by Crippen LogP contribution is -2.19. The van der Waals surface area contributed by atoms with Crippen molar-refractivity contribution in [2.24, 2.45) is 0 Å². The molecule has 11 heteroatoms. The molecule has 0 fully saturated rings. The molecule has 2 aromatic rings. The van der Waals surface area contributed by atoms with E-state index in [2.05, 4.69) is 5.10 Å². The zero-order valence-electron chi connectivity index (χ0n) is 13.9. The van der Waals surface area contributed by atoms with E-state index in [1.807, 2.05) is 20.8 Å². The van der Waals surface area contributed by atoms with Crippen LogP contribution in [-0.4, -0.2) is 35.7 Å². The summed E-state index contributed by atoms with van der Waals surface area (Å²) in [4.78, 5) is 11.0. The van der Waals surface area contributed by atoms with E-state index in [1.54, 1.807) is 0 Å². The zero-order chi connectivity index (χ0) is 19.4. The molecule has 25 heavy (non-hydrogen) atoms. The van der Waals surface area contributed by atoms with Crippen molar-refractivity contribution in [1.82, 2.24) is 9.78 Å². The molecule has 0 spiro atoms. The molecular formula is C14H18N2O7S2. The molecule has 0 aliphatic rings. The van der Waals surface area contributed by atoms with Crippen molar-refractivity contribution in [2.45, 2.75) is 42.9 Å². The Kier molecular flexibility index (Phi) is 4.49.